The Morgan fingerprint density at radius 2 is 1.91 bits per heavy atom. The van der Waals surface area contributed by atoms with Crippen molar-refractivity contribution in [2.75, 3.05) is 7.05 Å². The minimum Gasteiger partial charge on any atom is -0.508 e. The van der Waals surface area contributed by atoms with Gasteiger partial charge >= 0.3 is 0 Å². The van der Waals surface area contributed by atoms with Crippen molar-refractivity contribution < 1.29 is 9.90 Å². The number of aromatic nitrogens is 1. The third-order valence-corrected chi connectivity index (χ3v) is 4.76. The Morgan fingerprint density at radius 1 is 1.17 bits per heavy atom. The number of rotatable bonds is 5. The Kier molecular flexibility index (Phi) is 4.57. The summed E-state index contributed by atoms with van der Waals surface area (Å²) in [5.74, 6) is 0.293. The zero-order chi connectivity index (χ0) is 16.2. The van der Waals surface area contributed by atoms with E-state index < -0.39 is 0 Å². The SMILES string of the molecule is CN(Cc1nc2ccccc2s1)C(=O)CCc1ccccc1O. The highest BCUT2D eigenvalue weighted by Gasteiger charge is 2.13. The van der Waals surface area contributed by atoms with Gasteiger partial charge in [0.05, 0.1) is 16.8 Å². The second-order valence-electron chi connectivity index (χ2n) is 5.45. The molecule has 3 rings (SSSR count). The molecule has 0 unspecified atom stereocenters. The number of hydrogen-bond acceptors (Lipinski definition) is 4. The lowest BCUT2D eigenvalue weighted by Crippen LogP contribution is -2.26. The summed E-state index contributed by atoms with van der Waals surface area (Å²) in [5, 5.41) is 10.7. The normalized spacial score (nSPS) is 10.8. The van der Waals surface area contributed by atoms with Crippen molar-refractivity contribution in [1.29, 1.82) is 0 Å². The van der Waals surface area contributed by atoms with E-state index in [1.807, 2.05) is 36.4 Å². The van der Waals surface area contributed by atoms with Gasteiger partial charge in [-0.1, -0.05) is 30.3 Å². The molecule has 4 nitrogen and oxygen atoms in total. The smallest absolute Gasteiger partial charge is 0.223 e. The number of phenols is 1. The number of carbonyl (C=O) groups excluding carboxylic acids is 1. The maximum atomic E-state index is 12.3. The van der Waals surface area contributed by atoms with Gasteiger partial charge in [-0.3, -0.25) is 4.79 Å². The third kappa shape index (κ3) is 3.68. The quantitative estimate of drug-likeness (QED) is 0.779. The Hall–Kier alpha value is -2.40. The molecular formula is C18H18N2O2S. The predicted molar refractivity (Wildman–Crippen MR) is 92.5 cm³/mol. The number of nitrogens with zero attached hydrogens (tertiary/aromatic N) is 2. The monoisotopic (exact) mass is 326 g/mol. The van der Waals surface area contributed by atoms with Gasteiger partial charge in [0.1, 0.15) is 10.8 Å². The van der Waals surface area contributed by atoms with Crippen LogP contribution in [0.2, 0.25) is 0 Å². The molecule has 1 aromatic heterocycles. The molecule has 1 amide bonds. The molecule has 3 aromatic rings. The first-order chi connectivity index (χ1) is 11.1. The molecule has 0 aliphatic rings. The standard InChI is InChI=1S/C18H18N2O2S/c1-20(12-17-19-14-7-3-5-9-16(14)23-17)18(22)11-10-13-6-2-4-8-15(13)21/h2-9,21H,10-12H2,1H3. The first-order valence-corrected chi connectivity index (χ1v) is 8.30. The van der Waals surface area contributed by atoms with Gasteiger partial charge in [0.25, 0.3) is 0 Å². The molecule has 0 aliphatic heterocycles. The number of amides is 1. The number of benzene rings is 2. The van der Waals surface area contributed by atoms with E-state index in [0.717, 1.165) is 20.8 Å². The number of phenolic OH excluding ortho intramolecular Hbond substituents is 1. The first kappa shape index (κ1) is 15.5. The number of thiazole rings is 1. The van der Waals surface area contributed by atoms with Gasteiger partial charge < -0.3 is 10.0 Å². The maximum absolute atomic E-state index is 12.3. The van der Waals surface area contributed by atoms with Crippen molar-refractivity contribution in [3.8, 4) is 5.75 Å². The van der Waals surface area contributed by atoms with E-state index in [9.17, 15) is 9.90 Å². The number of aromatic hydroxyl groups is 1. The average molecular weight is 326 g/mol. The zero-order valence-corrected chi connectivity index (χ0v) is 13.7. The fourth-order valence-electron chi connectivity index (χ4n) is 2.43. The molecule has 5 heteroatoms. The fraction of sp³-hybridized carbons (Fsp3) is 0.222. The van der Waals surface area contributed by atoms with Gasteiger partial charge in [0, 0.05) is 13.5 Å². The van der Waals surface area contributed by atoms with Crippen LogP contribution in [0.15, 0.2) is 48.5 Å². The molecule has 0 spiro atoms. The van der Waals surface area contributed by atoms with E-state index in [1.54, 1.807) is 35.4 Å². The van der Waals surface area contributed by atoms with Crippen LogP contribution in [0.4, 0.5) is 0 Å². The molecule has 0 atom stereocenters. The van der Waals surface area contributed by atoms with Crippen LogP contribution >= 0.6 is 11.3 Å². The molecule has 2 aromatic carbocycles. The number of aryl methyl sites for hydroxylation is 1. The van der Waals surface area contributed by atoms with Gasteiger partial charge in [-0.05, 0) is 30.2 Å². The van der Waals surface area contributed by atoms with Crippen molar-refractivity contribution in [1.82, 2.24) is 9.88 Å². The van der Waals surface area contributed by atoms with E-state index in [0.29, 0.717) is 19.4 Å². The molecule has 0 bridgehead atoms. The first-order valence-electron chi connectivity index (χ1n) is 7.49. The summed E-state index contributed by atoms with van der Waals surface area (Å²) >= 11 is 1.61. The van der Waals surface area contributed by atoms with Gasteiger partial charge in [0.2, 0.25) is 5.91 Å². The number of para-hydroxylation sites is 2. The lowest BCUT2D eigenvalue weighted by atomic mass is 10.1. The molecule has 0 saturated carbocycles. The second-order valence-corrected chi connectivity index (χ2v) is 6.57. The lowest BCUT2D eigenvalue weighted by Gasteiger charge is -2.15. The highest BCUT2D eigenvalue weighted by molar-refractivity contribution is 7.18. The molecule has 0 aliphatic carbocycles. The highest BCUT2D eigenvalue weighted by Crippen LogP contribution is 2.23. The van der Waals surface area contributed by atoms with E-state index in [1.165, 1.54) is 0 Å². The molecular weight excluding hydrogens is 308 g/mol. The van der Waals surface area contributed by atoms with Crippen LogP contribution in [0.5, 0.6) is 5.75 Å². The molecule has 0 radical (unpaired) electrons. The van der Waals surface area contributed by atoms with Crippen LogP contribution in [0.3, 0.4) is 0 Å². The molecule has 0 fully saturated rings. The Labute approximate surface area is 139 Å². The minimum atomic E-state index is 0.0486. The van der Waals surface area contributed by atoms with Gasteiger partial charge in [-0.2, -0.15) is 0 Å². The van der Waals surface area contributed by atoms with Gasteiger partial charge in [-0.25, -0.2) is 4.98 Å². The lowest BCUT2D eigenvalue weighted by molar-refractivity contribution is -0.130. The summed E-state index contributed by atoms with van der Waals surface area (Å²) in [6, 6.07) is 15.1. The molecule has 1 heterocycles. The van der Waals surface area contributed by atoms with Crippen LogP contribution in [0.1, 0.15) is 17.0 Å². The van der Waals surface area contributed by atoms with Crippen LogP contribution in [-0.2, 0) is 17.8 Å². The van der Waals surface area contributed by atoms with Gasteiger partial charge in [-0.15, -0.1) is 11.3 Å². The van der Waals surface area contributed by atoms with Crippen molar-refractivity contribution in [2.24, 2.45) is 0 Å². The molecule has 23 heavy (non-hydrogen) atoms. The van der Waals surface area contributed by atoms with Crippen molar-refractivity contribution in [3.63, 3.8) is 0 Å². The summed E-state index contributed by atoms with van der Waals surface area (Å²) in [4.78, 5) is 18.5. The summed E-state index contributed by atoms with van der Waals surface area (Å²) in [6.45, 7) is 0.513. The highest BCUT2D eigenvalue weighted by atomic mass is 32.1. The van der Waals surface area contributed by atoms with Crippen LogP contribution in [0, 0.1) is 0 Å². The summed E-state index contributed by atoms with van der Waals surface area (Å²) in [7, 11) is 1.79. The average Bonchev–Trinajstić information content (AvgIpc) is 2.96. The topological polar surface area (TPSA) is 53.4 Å². The zero-order valence-electron chi connectivity index (χ0n) is 12.9. The number of hydrogen-bond donors (Lipinski definition) is 1. The Bertz CT molecular complexity index is 796. The third-order valence-electron chi connectivity index (χ3n) is 3.74. The van der Waals surface area contributed by atoms with Crippen LogP contribution in [0.25, 0.3) is 10.2 Å². The molecule has 0 saturated heterocycles. The van der Waals surface area contributed by atoms with E-state index >= 15 is 0 Å². The Morgan fingerprint density at radius 3 is 2.70 bits per heavy atom. The van der Waals surface area contributed by atoms with Crippen LogP contribution in [-0.4, -0.2) is 27.9 Å². The largest absolute Gasteiger partial charge is 0.508 e. The molecule has 1 N–H and O–H groups in total. The fourth-order valence-corrected chi connectivity index (χ4v) is 3.45. The summed E-state index contributed by atoms with van der Waals surface area (Å²) < 4.78 is 1.14. The van der Waals surface area contributed by atoms with E-state index in [2.05, 4.69) is 4.98 Å². The predicted octanol–water partition coefficient (Wildman–Crippen LogP) is 3.59. The molecule has 118 valence electrons. The van der Waals surface area contributed by atoms with Crippen molar-refractivity contribution >= 4 is 27.5 Å². The van der Waals surface area contributed by atoms with Gasteiger partial charge in [0.15, 0.2) is 0 Å². The second kappa shape index (κ2) is 6.79. The summed E-state index contributed by atoms with van der Waals surface area (Å²) in [5.41, 5.74) is 1.77. The van der Waals surface area contributed by atoms with E-state index in [4.69, 9.17) is 0 Å². The van der Waals surface area contributed by atoms with Crippen molar-refractivity contribution in [2.45, 2.75) is 19.4 Å². The van der Waals surface area contributed by atoms with Crippen LogP contribution < -0.4 is 0 Å². The summed E-state index contributed by atoms with van der Waals surface area (Å²) in [6.07, 6.45) is 0.911. The number of carbonyl (C=O) groups is 1. The minimum absolute atomic E-state index is 0.0486. The Balaban J connectivity index is 1.60. The van der Waals surface area contributed by atoms with Crippen molar-refractivity contribution in [3.05, 3.63) is 59.1 Å². The number of fused-ring (bicyclic) bond motifs is 1. The maximum Gasteiger partial charge on any atom is 0.223 e. The van der Waals surface area contributed by atoms with E-state index in [-0.39, 0.29) is 11.7 Å².